The second kappa shape index (κ2) is 7.04. The molecule has 0 radical (unpaired) electrons. The molecule has 1 aliphatic heterocycles. The molecule has 114 valence electrons. The zero-order valence-electron chi connectivity index (χ0n) is 11.0. The molecular formula is C12H17Cl2FN2O2S. The minimum absolute atomic E-state index is 0. The lowest BCUT2D eigenvalue weighted by Gasteiger charge is -2.24. The fourth-order valence-electron chi connectivity index (χ4n) is 2.41. The molecule has 1 aromatic carbocycles. The van der Waals surface area contributed by atoms with Crippen molar-refractivity contribution in [3.8, 4) is 0 Å². The summed E-state index contributed by atoms with van der Waals surface area (Å²) in [6.07, 6.45) is 1.55. The van der Waals surface area contributed by atoms with Gasteiger partial charge in [0.05, 0.1) is 5.02 Å². The third-order valence-electron chi connectivity index (χ3n) is 3.25. The third kappa shape index (κ3) is 3.26. The predicted molar refractivity (Wildman–Crippen MR) is 79.5 cm³/mol. The summed E-state index contributed by atoms with van der Waals surface area (Å²) in [6.45, 7) is 0.949. The molecule has 1 fully saturated rings. The second-order valence-electron chi connectivity index (χ2n) is 4.52. The predicted octanol–water partition coefficient (Wildman–Crippen LogP) is 2.27. The van der Waals surface area contributed by atoms with Crippen LogP contribution in [0.1, 0.15) is 12.8 Å². The maximum atomic E-state index is 13.8. The van der Waals surface area contributed by atoms with Crippen LogP contribution in [0.4, 0.5) is 4.39 Å². The molecule has 4 nitrogen and oxygen atoms in total. The van der Waals surface area contributed by atoms with Gasteiger partial charge in [-0.2, -0.15) is 4.31 Å². The van der Waals surface area contributed by atoms with E-state index in [9.17, 15) is 12.8 Å². The summed E-state index contributed by atoms with van der Waals surface area (Å²) in [5.41, 5.74) is 0. The highest BCUT2D eigenvalue weighted by molar-refractivity contribution is 7.89. The number of benzene rings is 1. The summed E-state index contributed by atoms with van der Waals surface area (Å²) in [5.74, 6) is -0.803. The van der Waals surface area contributed by atoms with E-state index in [1.165, 1.54) is 16.4 Å². The summed E-state index contributed by atoms with van der Waals surface area (Å²) in [4.78, 5) is -0.417. The van der Waals surface area contributed by atoms with E-state index in [4.69, 9.17) is 11.6 Å². The minimum atomic E-state index is -3.89. The van der Waals surface area contributed by atoms with Crippen LogP contribution in [0.3, 0.4) is 0 Å². The topological polar surface area (TPSA) is 49.4 Å². The first kappa shape index (κ1) is 17.7. The van der Waals surface area contributed by atoms with Crippen molar-refractivity contribution >= 4 is 34.0 Å². The smallest absolute Gasteiger partial charge is 0.247 e. The molecule has 1 saturated heterocycles. The highest BCUT2D eigenvalue weighted by atomic mass is 35.5. The Morgan fingerprint density at radius 3 is 2.80 bits per heavy atom. The maximum absolute atomic E-state index is 13.8. The van der Waals surface area contributed by atoms with Gasteiger partial charge in [0.25, 0.3) is 0 Å². The van der Waals surface area contributed by atoms with Crippen LogP contribution in [0, 0.1) is 5.82 Å². The first-order valence-corrected chi connectivity index (χ1v) is 7.90. The van der Waals surface area contributed by atoms with Gasteiger partial charge in [0.1, 0.15) is 10.7 Å². The Kier molecular flexibility index (Phi) is 6.22. The fraction of sp³-hybridized carbons (Fsp3) is 0.500. The molecular weight excluding hydrogens is 326 g/mol. The molecule has 2 rings (SSSR count). The van der Waals surface area contributed by atoms with Crippen LogP contribution in [-0.4, -0.2) is 38.9 Å². The summed E-state index contributed by atoms with van der Waals surface area (Å²) in [5, 5.41) is 2.89. The van der Waals surface area contributed by atoms with Gasteiger partial charge in [0.2, 0.25) is 10.0 Å². The molecule has 8 heteroatoms. The molecule has 1 atom stereocenters. The Hall–Kier alpha value is -0.400. The molecule has 0 aliphatic carbocycles. The SMILES string of the molecule is CNCC1CCCN1S(=O)(=O)c1c(F)cccc1Cl.Cl. The molecule has 0 spiro atoms. The highest BCUT2D eigenvalue weighted by Gasteiger charge is 2.37. The monoisotopic (exact) mass is 342 g/mol. The van der Waals surface area contributed by atoms with Crippen molar-refractivity contribution < 1.29 is 12.8 Å². The Morgan fingerprint density at radius 1 is 1.50 bits per heavy atom. The largest absolute Gasteiger partial charge is 0.318 e. The number of rotatable bonds is 4. The van der Waals surface area contributed by atoms with Crippen LogP contribution in [0.5, 0.6) is 0 Å². The van der Waals surface area contributed by atoms with Crippen molar-refractivity contribution in [2.45, 2.75) is 23.8 Å². The minimum Gasteiger partial charge on any atom is -0.318 e. The van der Waals surface area contributed by atoms with E-state index in [0.29, 0.717) is 13.1 Å². The maximum Gasteiger partial charge on any atom is 0.247 e. The van der Waals surface area contributed by atoms with Gasteiger partial charge in [-0.25, -0.2) is 12.8 Å². The number of halogens is 3. The zero-order valence-corrected chi connectivity index (χ0v) is 13.4. The first-order chi connectivity index (χ1) is 8.98. The van der Waals surface area contributed by atoms with Crippen LogP contribution < -0.4 is 5.32 Å². The van der Waals surface area contributed by atoms with Gasteiger partial charge in [-0.1, -0.05) is 17.7 Å². The fourth-order valence-corrected chi connectivity index (χ4v) is 4.67. The third-order valence-corrected chi connectivity index (χ3v) is 5.70. The zero-order chi connectivity index (χ0) is 14.0. The van der Waals surface area contributed by atoms with E-state index in [0.717, 1.165) is 18.9 Å². The number of likely N-dealkylation sites (N-methyl/N-ethyl adjacent to an activating group) is 1. The van der Waals surface area contributed by atoms with Crippen molar-refractivity contribution in [3.63, 3.8) is 0 Å². The molecule has 0 bridgehead atoms. The molecule has 0 amide bonds. The highest BCUT2D eigenvalue weighted by Crippen LogP contribution is 2.31. The molecule has 1 aromatic rings. The molecule has 20 heavy (non-hydrogen) atoms. The van der Waals surface area contributed by atoms with Gasteiger partial charge in [0.15, 0.2) is 0 Å². The number of hydrogen-bond donors (Lipinski definition) is 1. The van der Waals surface area contributed by atoms with E-state index in [-0.39, 0.29) is 23.5 Å². The number of hydrogen-bond acceptors (Lipinski definition) is 3. The van der Waals surface area contributed by atoms with Gasteiger partial charge in [-0.3, -0.25) is 0 Å². The van der Waals surface area contributed by atoms with Gasteiger partial charge >= 0.3 is 0 Å². The second-order valence-corrected chi connectivity index (χ2v) is 6.75. The van der Waals surface area contributed by atoms with Gasteiger partial charge in [-0.05, 0) is 32.0 Å². The molecule has 1 N–H and O–H groups in total. The van der Waals surface area contributed by atoms with Gasteiger partial charge in [-0.15, -0.1) is 12.4 Å². The molecule has 0 saturated carbocycles. The Labute approximate surface area is 129 Å². The van der Waals surface area contributed by atoms with Crippen LogP contribution in [0.15, 0.2) is 23.1 Å². The normalized spacial score (nSPS) is 19.9. The van der Waals surface area contributed by atoms with Crippen molar-refractivity contribution in [3.05, 3.63) is 29.0 Å². The summed E-state index contributed by atoms with van der Waals surface area (Å²) >= 11 is 5.86. The number of nitrogens with zero attached hydrogens (tertiary/aromatic N) is 1. The van der Waals surface area contributed by atoms with Gasteiger partial charge < -0.3 is 5.32 Å². The van der Waals surface area contributed by atoms with E-state index >= 15 is 0 Å². The Balaban J connectivity index is 0.00000200. The van der Waals surface area contributed by atoms with Crippen LogP contribution in [-0.2, 0) is 10.0 Å². The summed E-state index contributed by atoms with van der Waals surface area (Å²) < 4.78 is 40.2. The van der Waals surface area contributed by atoms with E-state index in [2.05, 4.69) is 5.32 Å². The lowest BCUT2D eigenvalue weighted by atomic mass is 10.2. The first-order valence-electron chi connectivity index (χ1n) is 6.09. The van der Waals surface area contributed by atoms with Crippen molar-refractivity contribution in [1.29, 1.82) is 0 Å². The molecule has 1 unspecified atom stereocenters. The summed E-state index contributed by atoms with van der Waals surface area (Å²) in [6, 6.07) is 3.75. The molecule has 0 aromatic heterocycles. The van der Waals surface area contributed by atoms with Crippen molar-refractivity contribution in [2.24, 2.45) is 0 Å². The van der Waals surface area contributed by atoms with Crippen LogP contribution in [0.2, 0.25) is 5.02 Å². The van der Waals surface area contributed by atoms with Crippen LogP contribution >= 0.6 is 24.0 Å². The van der Waals surface area contributed by atoms with Crippen molar-refractivity contribution in [1.82, 2.24) is 9.62 Å². The lowest BCUT2D eigenvalue weighted by Crippen LogP contribution is -2.41. The standard InChI is InChI=1S/C12H16ClFN2O2S.ClH/c1-15-8-9-4-3-7-16(9)19(17,18)12-10(13)5-2-6-11(12)14;/h2,5-6,9,15H,3-4,7-8H2,1H3;1H. The molecule has 1 heterocycles. The van der Waals surface area contributed by atoms with Crippen molar-refractivity contribution in [2.75, 3.05) is 20.1 Å². The van der Waals surface area contributed by atoms with Gasteiger partial charge in [0, 0.05) is 19.1 Å². The van der Waals surface area contributed by atoms with E-state index in [1.807, 2.05) is 0 Å². The quantitative estimate of drug-likeness (QED) is 0.913. The Bertz CT molecular complexity index is 548. The van der Waals surface area contributed by atoms with E-state index in [1.54, 1.807) is 7.05 Å². The van der Waals surface area contributed by atoms with E-state index < -0.39 is 20.7 Å². The lowest BCUT2D eigenvalue weighted by molar-refractivity contribution is 0.377. The Morgan fingerprint density at radius 2 is 2.20 bits per heavy atom. The average molecular weight is 343 g/mol. The number of nitrogens with one attached hydrogen (secondary N) is 1. The number of sulfonamides is 1. The van der Waals surface area contributed by atoms with Crippen LogP contribution in [0.25, 0.3) is 0 Å². The summed E-state index contributed by atoms with van der Waals surface area (Å²) in [7, 11) is -2.12. The molecule has 1 aliphatic rings. The average Bonchev–Trinajstić information content (AvgIpc) is 2.78.